The number of carbonyl (C=O) groups is 1. The fraction of sp³-hybridized carbons (Fsp3) is 0.923. The van der Waals surface area contributed by atoms with Crippen LogP contribution in [0.25, 0.3) is 0 Å². The van der Waals surface area contributed by atoms with Gasteiger partial charge in [-0.1, -0.05) is 13.8 Å². The molecule has 0 aliphatic carbocycles. The van der Waals surface area contributed by atoms with Gasteiger partial charge in [-0.15, -0.1) is 0 Å². The molecule has 2 rings (SSSR count). The van der Waals surface area contributed by atoms with Crippen molar-refractivity contribution < 1.29 is 4.79 Å². The van der Waals surface area contributed by atoms with Gasteiger partial charge < -0.3 is 4.90 Å². The molecule has 3 heteroatoms. The van der Waals surface area contributed by atoms with Gasteiger partial charge in [-0.05, 0) is 25.8 Å². The highest BCUT2D eigenvalue weighted by molar-refractivity contribution is 5.90. The summed E-state index contributed by atoms with van der Waals surface area (Å²) in [6.07, 6.45) is 2.84. The first-order valence-corrected chi connectivity index (χ1v) is 6.51. The summed E-state index contributed by atoms with van der Waals surface area (Å²) in [6.45, 7) is 8.84. The summed E-state index contributed by atoms with van der Waals surface area (Å²) in [5, 5.41) is 0. The van der Waals surface area contributed by atoms with Crippen molar-refractivity contribution in [3.63, 3.8) is 0 Å². The second kappa shape index (κ2) is 4.46. The summed E-state index contributed by atoms with van der Waals surface area (Å²) in [6, 6.07) is 0. The summed E-state index contributed by atoms with van der Waals surface area (Å²) in [5.41, 5.74) is -0.0898. The van der Waals surface area contributed by atoms with Gasteiger partial charge in [-0.3, -0.25) is 9.69 Å². The smallest absolute Gasteiger partial charge is 0.154 e. The predicted molar refractivity (Wildman–Crippen MR) is 65.5 cm³/mol. The summed E-state index contributed by atoms with van der Waals surface area (Å²) < 4.78 is 0. The Balaban J connectivity index is 1.96. The molecular formula is C13H24N2O. The maximum absolute atomic E-state index is 12.0. The van der Waals surface area contributed by atoms with Crippen molar-refractivity contribution in [2.45, 2.75) is 38.6 Å². The third-order valence-corrected chi connectivity index (χ3v) is 4.23. The summed E-state index contributed by atoms with van der Waals surface area (Å²) in [5.74, 6) is 1.21. The van der Waals surface area contributed by atoms with Crippen LogP contribution in [0.3, 0.4) is 0 Å². The van der Waals surface area contributed by atoms with Gasteiger partial charge in [0, 0.05) is 32.6 Å². The van der Waals surface area contributed by atoms with Gasteiger partial charge in [0.15, 0.2) is 5.78 Å². The van der Waals surface area contributed by atoms with E-state index in [0.717, 1.165) is 44.8 Å². The molecule has 2 saturated heterocycles. The maximum Gasteiger partial charge on any atom is 0.154 e. The van der Waals surface area contributed by atoms with Crippen LogP contribution < -0.4 is 0 Å². The van der Waals surface area contributed by atoms with E-state index in [9.17, 15) is 4.79 Å². The van der Waals surface area contributed by atoms with Crippen LogP contribution in [-0.2, 0) is 4.79 Å². The van der Waals surface area contributed by atoms with E-state index in [1.54, 1.807) is 0 Å². The van der Waals surface area contributed by atoms with Crippen molar-refractivity contribution in [1.82, 2.24) is 9.80 Å². The molecular weight excluding hydrogens is 200 g/mol. The van der Waals surface area contributed by atoms with Gasteiger partial charge in [0.05, 0.1) is 5.54 Å². The first kappa shape index (κ1) is 12.1. The van der Waals surface area contributed by atoms with E-state index < -0.39 is 0 Å². The number of carbonyl (C=O) groups excluding carboxylic acids is 1. The quantitative estimate of drug-likeness (QED) is 0.708. The molecule has 0 aromatic carbocycles. The van der Waals surface area contributed by atoms with E-state index >= 15 is 0 Å². The second-order valence-corrected chi connectivity index (χ2v) is 5.82. The Morgan fingerprint density at radius 1 is 1.25 bits per heavy atom. The molecule has 0 aromatic heterocycles. The molecule has 92 valence electrons. The molecule has 16 heavy (non-hydrogen) atoms. The number of likely N-dealkylation sites (N-methyl/N-ethyl adjacent to an activating group) is 1. The fourth-order valence-corrected chi connectivity index (χ4v) is 3.21. The summed E-state index contributed by atoms with van der Waals surface area (Å²) >= 11 is 0. The third kappa shape index (κ3) is 2.03. The lowest BCUT2D eigenvalue weighted by Crippen LogP contribution is -2.54. The Morgan fingerprint density at radius 2 is 1.88 bits per heavy atom. The van der Waals surface area contributed by atoms with Crippen LogP contribution in [-0.4, -0.2) is 54.3 Å². The first-order chi connectivity index (χ1) is 7.54. The highest BCUT2D eigenvalue weighted by Gasteiger charge is 2.47. The first-order valence-electron chi connectivity index (χ1n) is 6.51. The lowest BCUT2D eigenvalue weighted by molar-refractivity contribution is -0.127. The topological polar surface area (TPSA) is 23.6 Å². The Labute approximate surface area is 98.8 Å². The zero-order valence-corrected chi connectivity index (χ0v) is 10.8. The van der Waals surface area contributed by atoms with E-state index in [0.29, 0.717) is 5.78 Å². The Bertz CT molecular complexity index is 267. The van der Waals surface area contributed by atoms with E-state index in [1.807, 2.05) is 0 Å². The third-order valence-electron chi connectivity index (χ3n) is 4.23. The van der Waals surface area contributed by atoms with Gasteiger partial charge in [-0.25, -0.2) is 0 Å². The highest BCUT2D eigenvalue weighted by atomic mass is 16.1. The molecule has 0 bridgehead atoms. The molecule has 0 saturated carbocycles. The molecule has 0 aromatic rings. The number of piperidine rings is 1. The van der Waals surface area contributed by atoms with Crippen LogP contribution in [0.1, 0.15) is 33.1 Å². The molecule has 2 fully saturated rings. The van der Waals surface area contributed by atoms with Crippen molar-refractivity contribution >= 4 is 5.78 Å². The number of hydrogen-bond donors (Lipinski definition) is 0. The Kier molecular flexibility index (Phi) is 3.36. The Hall–Kier alpha value is -0.410. The lowest BCUT2D eigenvalue weighted by Gasteiger charge is -2.42. The maximum atomic E-state index is 12.0. The number of hydrogen-bond acceptors (Lipinski definition) is 3. The minimum absolute atomic E-state index is 0.0898. The van der Waals surface area contributed by atoms with E-state index in [2.05, 4.69) is 30.7 Å². The van der Waals surface area contributed by atoms with Gasteiger partial charge in [0.25, 0.3) is 0 Å². The van der Waals surface area contributed by atoms with Crippen LogP contribution in [0.5, 0.6) is 0 Å². The fourth-order valence-electron chi connectivity index (χ4n) is 3.21. The van der Waals surface area contributed by atoms with E-state index in [1.165, 1.54) is 6.54 Å². The second-order valence-electron chi connectivity index (χ2n) is 5.82. The number of nitrogens with zero attached hydrogens (tertiary/aromatic N) is 2. The number of ketones is 1. The highest BCUT2D eigenvalue weighted by Crippen LogP contribution is 2.34. The largest absolute Gasteiger partial charge is 0.303 e. The lowest BCUT2D eigenvalue weighted by atomic mass is 9.84. The standard InChI is InChI=1S/C13H24N2O/c1-11(2)10-15-8-5-13(6-9-15)12(16)4-7-14(13)3/h11H,4-10H2,1-3H3. The normalized spacial score (nSPS) is 27.1. The number of rotatable bonds is 2. The van der Waals surface area contributed by atoms with Crippen molar-refractivity contribution in [3.8, 4) is 0 Å². The van der Waals surface area contributed by atoms with Gasteiger partial charge in [0.2, 0.25) is 0 Å². The minimum atomic E-state index is -0.0898. The Morgan fingerprint density at radius 3 is 2.31 bits per heavy atom. The minimum Gasteiger partial charge on any atom is -0.303 e. The van der Waals surface area contributed by atoms with Crippen molar-refractivity contribution in [3.05, 3.63) is 0 Å². The molecule has 0 atom stereocenters. The van der Waals surface area contributed by atoms with Gasteiger partial charge >= 0.3 is 0 Å². The van der Waals surface area contributed by atoms with Crippen LogP contribution in [0.15, 0.2) is 0 Å². The van der Waals surface area contributed by atoms with Crippen LogP contribution in [0.2, 0.25) is 0 Å². The number of likely N-dealkylation sites (tertiary alicyclic amines) is 2. The molecule has 3 nitrogen and oxygen atoms in total. The molecule has 2 heterocycles. The van der Waals surface area contributed by atoms with Crippen LogP contribution in [0.4, 0.5) is 0 Å². The van der Waals surface area contributed by atoms with Gasteiger partial charge in [0.1, 0.15) is 0 Å². The monoisotopic (exact) mass is 224 g/mol. The SMILES string of the molecule is CC(C)CN1CCC2(CC1)C(=O)CCN2C. The van der Waals surface area contributed by atoms with Crippen molar-refractivity contribution in [2.75, 3.05) is 33.2 Å². The molecule has 0 radical (unpaired) electrons. The van der Waals surface area contributed by atoms with Crippen LogP contribution >= 0.6 is 0 Å². The molecule has 1 spiro atoms. The molecule has 0 unspecified atom stereocenters. The summed E-state index contributed by atoms with van der Waals surface area (Å²) in [4.78, 5) is 16.8. The molecule has 0 N–H and O–H groups in total. The van der Waals surface area contributed by atoms with Crippen LogP contribution in [0, 0.1) is 5.92 Å². The average Bonchev–Trinajstić information content (AvgIpc) is 2.50. The van der Waals surface area contributed by atoms with E-state index in [4.69, 9.17) is 0 Å². The van der Waals surface area contributed by atoms with Crippen molar-refractivity contribution in [1.29, 1.82) is 0 Å². The van der Waals surface area contributed by atoms with Crippen molar-refractivity contribution in [2.24, 2.45) is 5.92 Å². The van der Waals surface area contributed by atoms with Gasteiger partial charge in [-0.2, -0.15) is 0 Å². The predicted octanol–water partition coefficient (Wildman–Crippen LogP) is 1.38. The zero-order valence-electron chi connectivity index (χ0n) is 10.8. The average molecular weight is 224 g/mol. The van der Waals surface area contributed by atoms with E-state index in [-0.39, 0.29) is 5.54 Å². The molecule has 2 aliphatic heterocycles. The number of Topliss-reactive ketones (excluding diaryl/α,β-unsaturated/α-hetero) is 1. The molecule has 2 aliphatic rings. The zero-order chi connectivity index (χ0) is 11.8. The molecule has 0 amide bonds. The summed E-state index contributed by atoms with van der Waals surface area (Å²) in [7, 11) is 2.11.